The van der Waals surface area contributed by atoms with Gasteiger partial charge in [0.15, 0.2) is 0 Å². The van der Waals surface area contributed by atoms with Crippen LogP contribution in [0.3, 0.4) is 0 Å². The Kier molecular flexibility index (Phi) is 6.02. The summed E-state index contributed by atoms with van der Waals surface area (Å²) in [5, 5.41) is 11.9. The predicted molar refractivity (Wildman–Crippen MR) is 98.7 cm³/mol. The highest BCUT2D eigenvalue weighted by Crippen LogP contribution is 2.33. The van der Waals surface area contributed by atoms with Gasteiger partial charge in [-0.1, -0.05) is 24.1 Å². The topological polar surface area (TPSA) is 119 Å². The molecule has 2 N–H and O–H groups in total. The molecule has 1 amide bonds. The number of rotatable bonds is 6. The van der Waals surface area contributed by atoms with Crippen molar-refractivity contribution in [3.8, 4) is 5.88 Å². The minimum Gasteiger partial charge on any atom is -0.469 e. The second-order valence-electron chi connectivity index (χ2n) is 6.10. The highest BCUT2D eigenvalue weighted by Gasteiger charge is 2.27. The number of hydrazine groups is 1. The molecule has 1 aromatic heterocycles. The minimum atomic E-state index is -0.633. The van der Waals surface area contributed by atoms with Crippen LogP contribution >= 0.6 is 11.6 Å². The van der Waals surface area contributed by atoms with E-state index in [2.05, 4.69) is 20.8 Å². The summed E-state index contributed by atoms with van der Waals surface area (Å²) in [5.74, 6) is -0.780. The molecule has 1 aromatic carbocycles. The summed E-state index contributed by atoms with van der Waals surface area (Å²) in [6, 6.07) is 6.30. The van der Waals surface area contributed by atoms with Crippen LogP contribution in [0.15, 0.2) is 30.6 Å². The first-order valence-corrected chi connectivity index (χ1v) is 8.90. The molecule has 0 unspecified atom stereocenters. The number of anilines is 1. The van der Waals surface area contributed by atoms with Crippen LogP contribution in [0.2, 0.25) is 5.02 Å². The molecule has 9 nitrogen and oxygen atoms in total. The van der Waals surface area contributed by atoms with Crippen molar-refractivity contribution in [1.82, 2.24) is 15.4 Å². The Bertz CT molecular complexity index is 842. The van der Waals surface area contributed by atoms with E-state index < -0.39 is 16.5 Å². The summed E-state index contributed by atoms with van der Waals surface area (Å²) in [4.78, 5) is 30.8. The van der Waals surface area contributed by atoms with Gasteiger partial charge < -0.3 is 4.74 Å². The largest absolute Gasteiger partial charge is 0.469 e. The normalized spacial score (nSPS) is 14.4. The summed E-state index contributed by atoms with van der Waals surface area (Å²) in [5.41, 5.74) is 4.72. The molecule has 0 atom stereocenters. The zero-order chi connectivity index (χ0) is 19.2. The fourth-order valence-corrected chi connectivity index (χ4v) is 3.05. The third-order valence-electron chi connectivity index (χ3n) is 4.18. The molecule has 1 aliphatic rings. The third kappa shape index (κ3) is 4.82. The lowest BCUT2D eigenvalue weighted by atomic mass is 9.98. The van der Waals surface area contributed by atoms with Crippen molar-refractivity contribution in [1.29, 1.82) is 0 Å². The first-order chi connectivity index (χ1) is 13.0. The molecule has 0 radical (unpaired) electrons. The van der Waals surface area contributed by atoms with E-state index in [1.807, 2.05) is 0 Å². The molecule has 0 saturated heterocycles. The molecule has 1 aliphatic carbocycles. The van der Waals surface area contributed by atoms with Crippen molar-refractivity contribution in [3.63, 3.8) is 0 Å². The summed E-state index contributed by atoms with van der Waals surface area (Å²) in [6.45, 7) is 0. The van der Waals surface area contributed by atoms with Gasteiger partial charge >= 0.3 is 5.69 Å². The zero-order valence-electron chi connectivity index (χ0n) is 14.4. The van der Waals surface area contributed by atoms with Gasteiger partial charge in [-0.15, -0.1) is 0 Å². The lowest BCUT2D eigenvalue weighted by Crippen LogP contribution is -2.30. The van der Waals surface area contributed by atoms with Crippen LogP contribution in [0.4, 0.5) is 11.5 Å². The monoisotopic (exact) mass is 391 g/mol. The Morgan fingerprint density at radius 1 is 1.26 bits per heavy atom. The van der Waals surface area contributed by atoms with E-state index in [9.17, 15) is 14.9 Å². The molecule has 3 rings (SSSR count). The molecular formula is C17H18ClN5O4. The van der Waals surface area contributed by atoms with Gasteiger partial charge in [0, 0.05) is 10.6 Å². The molecule has 10 heteroatoms. The maximum Gasteiger partial charge on any atom is 0.374 e. The molecule has 0 aliphatic heterocycles. The SMILES string of the molecule is O=C(NNc1ncnc(OC2CCCCC2)c1[N+](=O)[O-])c1cccc(Cl)c1. The summed E-state index contributed by atoms with van der Waals surface area (Å²) in [7, 11) is 0. The number of carbonyl (C=O) groups is 1. The van der Waals surface area contributed by atoms with E-state index in [1.54, 1.807) is 18.2 Å². The van der Waals surface area contributed by atoms with Crippen molar-refractivity contribution in [3.05, 3.63) is 51.3 Å². The van der Waals surface area contributed by atoms with Crippen LogP contribution in [0.1, 0.15) is 42.5 Å². The molecule has 27 heavy (non-hydrogen) atoms. The van der Waals surface area contributed by atoms with Gasteiger partial charge in [0.2, 0.25) is 5.82 Å². The maximum absolute atomic E-state index is 12.2. The van der Waals surface area contributed by atoms with Crippen molar-refractivity contribution in [2.24, 2.45) is 0 Å². The Balaban J connectivity index is 1.75. The Labute approximate surface area is 160 Å². The van der Waals surface area contributed by atoms with E-state index >= 15 is 0 Å². The number of nitrogens with one attached hydrogen (secondary N) is 2. The van der Waals surface area contributed by atoms with Crippen LogP contribution in [-0.4, -0.2) is 26.9 Å². The molecule has 0 bridgehead atoms. The number of halogens is 1. The van der Waals surface area contributed by atoms with Crippen molar-refractivity contribution in [2.45, 2.75) is 38.2 Å². The fraction of sp³-hybridized carbons (Fsp3) is 0.353. The smallest absolute Gasteiger partial charge is 0.374 e. The second-order valence-corrected chi connectivity index (χ2v) is 6.54. The van der Waals surface area contributed by atoms with Crippen LogP contribution in [0, 0.1) is 10.1 Å². The zero-order valence-corrected chi connectivity index (χ0v) is 15.1. The summed E-state index contributed by atoms with van der Waals surface area (Å²) >= 11 is 5.86. The average molecular weight is 392 g/mol. The van der Waals surface area contributed by atoms with Gasteiger partial charge in [0.05, 0.1) is 4.92 Å². The number of nitrogens with zero attached hydrogens (tertiary/aromatic N) is 3. The van der Waals surface area contributed by atoms with E-state index in [0.29, 0.717) is 10.6 Å². The number of hydrogen-bond acceptors (Lipinski definition) is 7. The Morgan fingerprint density at radius 3 is 2.74 bits per heavy atom. The lowest BCUT2D eigenvalue weighted by molar-refractivity contribution is -0.385. The molecule has 0 spiro atoms. The quantitative estimate of drug-likeness (QED) is 0.571. The maximum atomic E-state index is 12.2. The van der Waals surface area contributed by atoms with E-state index in [-0.39, 0.29) is 17.8 Å². The van der Waals surface area contributed by atoms with E-state index in [4.69, 9.17) is 16.3 Å². The summed E-state index contributed by atoms with van der Waals surface area (Å²) in [6.07, 6.45) is 5.87. The number of hydrogen-bond donors (Lipinski definition) is 2. The van der Waals surface area contributed by atoms with Gasteiger partial charge in [-0.05, 0) is 43.9 Å². The molecule has 1 saturated carbocycles. The molecule has 1 heterocycles. The number of aromatic nitrogens is 2. The average Bonchev–Trinajstić information content (AvgIpc) is 2.66. The second kappa shape index (κ2) is 8.63. The highest BCUT2D eigenvalue weighted by atomic mass is 35.5. The molecular weight excluding hydrogens is 374 g/mol. The van der Waals surface area contributed by atoms with Crippen molar-refractivity contribution < 1.29 is 14.5 Å². The number of amides is 1. The molecule has 1 fully saturated rings. The Hall–Kier alpha value is -2.94. The standard InChI is InChI=1S/C17H18ClN5O4/c18-12-6-4-5-11(9-12)16(24)22-21-15-14(23(25)26)17(20-10-19-15)27-13-7-2-1-3-8-13/h4-6,9-10,13H,1-3,7-8H2,(H,22,24)(H,19,20,21). The Morgan fingerprint density at radius 2 is 2.04 bits per heavy atom. The fourth-order valence-electron chi connectivity index (χ4n) is 2.86. The van der Waals surface area contributed by atoms with Crippen molar-refractivity contribution in [2.75, 3.05) is 5.43 Å². The number of ether oxygens (including phenoxy) is 1. The number of nitro groups is 1. The number of benzene rings is 1. The van der Waals surface area contributed by atoms with Gasteiger partial charge in [-0.25, -0.2) is 4.98 Å². The minimum absolute atomic E-state index is 0.110. The van der Waals surface area contributed by atoms with Crippen LogP contribution in [-0.2, 0) is 0 Å². The van der Waals surface area contributed by atoms with Gasteiger partial charge in [-0.2, -0.15) is 4.98 Å². The van der Waals surface area contributed by atoms with Gasteiger partial charge in [0.25, 0.3) is 11.8 Å². The third-order valence-corrected chi connectivity index (χ3v) is 4.42. The van der Waals surface area contributed by atoms with Crippen LogP contribution in [0.5, 0.6) is 5.88 Å². The number of carbonyl (C=O) groups excluding carboxylic acids is 1. The molecule has 2 aromatic rings. The lowest BCUT2D eigenvalue weighted by Gasteiger charge is -2.22. The highest BCUT2D eigenvalue weighted by molar-refractivity contribution is 6.30. The van der Waals surface area contributed by atoms with E-state index in [0.717, 1.165) is 38.4 Å². The first kappa shape index (κ1) is 18.8. The van der Waals surface area contributed by atoms with Crippen LogP contribution in [0.25, 0.3) is 0 Å². The van der Waals surface area contributed by atoms with Gasteiger partial charge in [-0.3, -0.25) is 25.8 Å². The summed E-state index contributed by atoms with van der Waals surface area (Å²) < 4.78 is 5.73. The van der Waals surface area contributed by atoms with E-state index in [1.165, 1.54) is 6.07 Å². The predicted octanol–water partition coefficient (Wildman–Crippen LogP) is 3.51. The molecule has 142 valence electrons. The van der Waals surface area contributed by atoms with Gasteiger partial charge in [0.1, 0.15) is 12.4 Å². The first-order valence-electron chi connectivity index (χ1n) is 8.52. The van der Waals surface area contributed by atoms with Crippen molar-refractivity contribution >= 4 is 29.0 Å². The van der Waals surface area contributed by atoms with Crippen LogP contribution < -0.4 is 15.6 Å².